The Labute approximate surface area is 162 Å². The highest BCUT2D eigenvalue weighted by atomic mass is 16.5. The van der Waals surface area contributed by atoms with Crippen LogP contribution in [0, 0.1) is 6.92 Å². The van der Waals surface area contributed by atoms with E-state index in [1.54, 1.807) is 30.5 Å². The molecule has 4 rings (SSSR count). The van der Waals surface area contributed by atoms with Gasteiger partial charge in [0.25, 0.3) is 0 Å². The van der Waals surface area contributed by atoms with Crippen LogP contribution in [0.3, 0.4) is 0 Å². The maximum absolute atomic E-state index is 12.5. The van der Waals surface area contributed by atoms with Crippen LogP contribution in [0.2, 0.25) is 0 Å². The average molecular weight is 378 g/mol. The number of esters is 1. The second-order valence-corrected chi connectivity index (χ2v) is 7.11. The lowest BCUT2D eigenvalue weighted by Gasteiger charge is -2.27. The fourth-order valence-corrected chi connectivity index (χ4v) is 3.64. The number of fused-ring (bicyclic) bond motifs is 1. The number of carbonyl (C=O) groups is 1. The van der Waals surface area contributed by atoms with E-state index in [9.17, 15) is 9.59 Å². The highest BCUT2D eigenvalue weighted by Crippen LogP contribution is 2.31. The molecular formula is C22H22N2O4. The number of pyridine rings is 1. The van der Waals surface area contributed by atoms with Gasteiger partial charge in [-0.1, -0.05) is 12.5 Å². The molecule has 0 aliphatic carbocycles. The Morgan fingerprint density at radius 2 is 2.00 bits per heavy atom. The van der Waals surface area contributed by atoms with E-state index < -0.39 is 11.6 Å². The van der Waals surface area contributed by atoms with Crippen molar-refractivity contribution in [1.82, 2.24) is 9.88 Å². The van der Waals surface area contributed by atoms with E-state index >= 15 is 0 Å². The third kappa shape index (κ3) is 3.82. The van der Waals surface area contributed by atoms with Crippen LogP contribution in [0.5, 0.6) is 5.75 Å². The molecule has 0 atom stereocenters. The fraction of sp³-hybridized carbons (Fsp3) is 0.318. The summed E-state index contributed by atoms with van der Waals surface area (Å²) in [4.78, 5) is 30.9. The largest absolute Gasteiger partial charge is 0.422 e. The third-order valence-electron chi connectivity index (χ3n) is 5.09. The van der Waals surface area contributed by atoms with Crippen molar-refractivity contribution in [3.63, 3.8) is 0 Å². The summed E-state index contributed by atoms with van der Waals surface area (Å²) in [6.07, 6.45) is 5.05. The summed E-state index contributed by atoms with van der Waals surface area (Å²) >= 11 is 0. The van der Waals surface area contributed by atoms with Crippen molar-refractivity contribution in [3.05, 3.63) is 69.8 Å². The van der Waals surface area contributed by atoms with E-state index in [1.165, 1.54) is 12.5 Å². The van der Waals surface area contributed by atoms with Gasteiger partial charge < -0.3 is 9.15 Å². The van der Waals surface area contributed by atoms with Gasteiger partial charge in [-0.15, -0.1) is 0 Å². The van der Waals surface area contributed by atoms with Gasteiger partial charge in [0.05, 0.1) is 5.56 Å². The average Bonchev–Trinajstić information content (AvgIpc) is 2.71. The molecule has 28 heavy (non-hydrogen) atoms. The zero-order chi connectivity index (χ0) is 19.5. The lowest BCUT2D eigenvalue weighted by molar-refractivity contribution is 0.0725. The van der Waals surface area contributed by atoms with E-state index in [4.69, 9.17) is 9.15 Å². The highest BCUT2D eigenvalue weighted by Gasteiger charge is 2.21. The third-order valence-corrected chi connectivity index (χ3v) is 5.09. The first kappa shape index (κ1) is 18.4. The number of nitrogens with zero attached hydrogens (tertiary/aromatic N) is 2. The molecule has 1 aliphatic rings. The van der Waals surface area contributed by atoms with Gasteiger partial charge in [0.2, 0.25) is 0 Å². The van der Waals surface area contributed by atoms with E-state index in [1.807, 2.05) is 13.0 Å². The topological polar surface area (TPSA) is 72.6 Å². The maximum atomic E-state index is 12.5. The van der Waals surface area contributed by atoms with Gasteiger partial charge in [0.15, 0.2) is 0 Å². The molecule has 1 fully saturated rings. The second kappa shape index (κ2) is 7.94. The van der Waals surface area contributed by atoms with Crippen molar-refractivity contribution in [3.8, 4) is 5.75 Å². The molecule has 6 heteroatoms. The lowest BCUT2D eigenvalue weighted by Crippen LogP contribution is -2.29. The number of aryl methyl sites for hydroxylation is 1. The Morgan fingerprint density at radius 3 is 2.75 bits per heavy atom. The summed E-state index contributed by atoms with van der Waals surface area (Å²) in [6, 6.07) is 10.2. The first-order chi connectivity index (χ1) is 13.6. The molecule has 1 aliphatic heterocycles. The first-order valence-corrected chi connectivity index (χ1v) is 9.54. The molecule has 0 radical (unpaired) electrons. The van der Waals surface area contributed by atoms with Gasteiger partial charge in [-0.3, -0.25) is 4.90 Å². The zero-order valence-corrected chi connectivity index (χ0v) is 15.8. The number of ether oxygens (including phenoxy) is 1. The number of hydrogen-bond donors (Lipinski definition) is 0. The van der Waals surface area contributed by atoms with Gasteiger partial charge in [0, 0.05) is 24.2 Å². The van der Waals surface area contributed by atoms with Crippen LogP contribution in [0.15, 0.2) is 51.8 Å². The summed E-state index contributed by atoms with van der Waals surface area (Å²) < 4.78 is 11.2. The normalized spacial score (nSPS) is 14.9. The zero-order valence-electron chi connectivity index (χ0n) is 15.8. The van der Waals surface area contributed by atoms with Crippen molar-refractivity contribution in [2.24, 2.45) is 0 Å². The predicted octanol–water partition coefficient (Wildman–Crippen LogP) is 3.70. The Hall–Kier alpha value is -2.99. The molecule has 6 nitrogen and oxygen atoms in total. The van der Waals surface area contributed by atoms with Crippen LogP contribution in [-0.2, 0) is 6.54 Å². The number of benzene rings is 1. The van der Waals surface area contributed by atoms with Crippen molar-refractivity contribution >= 4 is 16.9 Å². The van der Waals surface area contributed by atoms with Crippen LogP contribution in [0.4, 0.5) is 0 Å². The molecule has 3 aromatic rings. The van der Waals surface area contributed by atoms with Crippen LogP contribution in [-0.4, -0.2) is 28.9 Å². The molecule has 0 N–H and O–H groups in total. The van der Waals surface area contributed by atoms with E-state index in [0.717, 1.165) is 42.4 Å². The van der Waals surface area contributed by atoms with Gasteiger partial charge in [-0.2, -0.15) is 0 Å². The van der Waals surface area contributed by atoms with Crippen molar-refractivity contribution in [1.29, 1.82) is 0 Å². The van der Waals surface area contributed by atoms with Gasteiger partial charge in [-0.25, -0.2) is 14.6 Å². The monoisotopic (exact) mass is 378 g/mol. The molecule has 0 unspecified atom stereocenters. The minimum atomic E-state index is -0.533. The Balaban J connectivity index is 1.77. The Morgan fingerprint density at radius 1 is 1.18 bits per heavy atom. The number of carbonyl (C=O) groups excluding carboxylic acids is 1. The fourth-order valence-electron chi connectivity index (χ4n) is 3.64. The SMILES string of the molecule is Cc1cc(=O)oc2c(CN3CCCCC3)c(OC(=O)c3ccccn3)ccc12. The van der Waals surface area contributed by atoms with E-state index in [2.05, 4.69) is 9.88 Å². The summed E-state index contributed by atoms with van der Waals surface area (Å²) in [5, 5.41) is 0.851. The van der Waals surface area contributed by atoms with Crippen LogP contribution < -0.4 is 10.4 Å². The maximum Gasteiger partial charge on any atom is 0.362 e. The minimum Gasteiger partial charge on any atom is -0.422 e. The lowest BCUT2D eigenvalue weighted by atomic mass is 10.0. The van der Waals surface area contributed by atoms with Crippen molar-refractivity contribution in [2.75, 3.05) is 13.1 Å². The number of rotatable bonds is 4. The molecule has 1 aromatic carbocycles. The van der Waals surface area contributed by atoms with E-state index in [-0.39, 0.29) is 5.69 Å². The van der Waals surface area contributed by atoms with E-state index in [0.29, 0.717) is 17.9 Å². The standard InChI is InChI=1S/C22H22N2O4/c1-15-13-20(25)28-21-16(15)8-9-19(17(21)14-24-11-5-2-6-12-24)27-22(26)18-7-3-4-10-23-18/h3-4,7-10,13H,2,5-6,11-12,14H2,1H3. The van der Waals surface area contributed by atoms with Crippen molar-refractivity contribution in [2.45, 2.75) is 32.7 Å². The molecule has 0 bridgehead atoms. The number of aromatic nitrogens is 1. The second-order valence-electron chi connectivity index (χ2n) is 7.11. The van der Waals surface area contributed by atoms with Crippen LogP contribution in [0.25, 0.3) is 11.0 Å². The quantitative estimate of drug-likeness (QED) is 0.392. The summed E-state index contributed by atoms with van der Waals surface area (Å²) in [7, 11) is 0. The van der Waals surface area contributed by atoms with Crippen LogP contribution in [0.1, 0.15) is 40.9 Å². The van der Waals surface area contributed by atoms with Gasteiger partial charge in [-0.05, 0) is 62.7 Å². The Kier molecular flexibility index (Phi) is 5.21. The number of likely N-dealkylation sites (tertiary alicyclic amines) is 1. The molecule has 0 spiro atoms. The molecule has 2 aromatic heterocycles. The Bertz CT molecular complexity index is 1050. The first-order valence-electron chi connectivity index (χ1n) is 9.54. The highest BCUT2D eigenvalue weighted by molar-refractivity contribution is 5.91. The molecule has 0 amide bonds. The smallest absolute Gasteiger partial charge is 0.362 e. The summed E-state index contributed by atoms with van der Waals surface area (Å²) in [5.74, 6) is -0.127. The van der Waals surface area contributed by atoms with Gasteiger partial charge >= 0.3 is 11.6 Å². The van der Waals surface area contributed by atoms with Gasteiger partial charge in [0.1, 0.15) is 17.0 Å². The van der Waals surface area contributed by atoms with Crippen molar-refractivity contribution < 1.29 is 13.9 Å². The molecule has 144 valence electrons. The molecule has 0 saturated carbocycles. The predicted molar refractivity (Wildman–Crippen MR) is 106 cm³/mol. The molecule has 3 heterocycles. The molecule has 1 saturated heterocycles. The number of piperidine rings is 1. The summed E-state index contributed by atoms with van der Waals surface area (Å²) in [5.41, 5.74) is 1.88. The molecular weight excluding hydrogens is 356 g/mol. The van der Waals surface area contributed by atoms with Crippen LogP contribution >= 0.6 is 0 Å². The minimum absolute atomic E-state index is 0.234. The number of hydrogen-bond acceptors (Lipinski definition) is 6. The summed E-state index contributed by atoms with van der Waals surface area (Å²) in [6.45, 7) is 4.39.